The monoisotopic (exact) mass is 424 g/mol. The van der Waals surface area contributed by atoms with Gasteiger partial charge in [-0.15, -0.1) is 0 Å². The average molecular weight is 425 g/mol. The minimum Gasteiger partial charge on any atom is -0.493 e. The van der Waals surface area contributed by atoms with Gasteiger partial charge in [-0.25, -0.2) is 4.79 Å². The maximum absolute atomic E-state index is 12.2. The van der Waals surface area contributed by atoms with Crippen LogP contribution in [0.15, 0.2) is 72.8 Å². The lowest BCUT2D eigenvalue weighted by molar-refractivity contribution is -0.129. The van der Waals surface area contributed by atoms with Crippen LogP contribution >= 0.6 is 23.2 Å². The lowest BCUT2D eigenvalue weighted by Crippen LogP contribution is -2.05. The Morgan fingerprint density at radius 2 is 1.59 bits per heavy atom. The van der Waals surface area contributed by atoms with Gasteiger partial charge in [0.25, 0.3) is 0 Å². The maximum Gasteiger partial charge on any atom is 0.336 e. The van der Waals surface area contributed by atoms with Gasteiger partial charge in [0.05, 0.1) is 7.11 Å². The van der Waals surface area contributed by atoms with E-state index in [9.17, 15) is 4.79 Å². The Balaban J connectivity index is 1.70. The first kappa shape index (κ1) is 20.7. The van der Waals surface area contributed by atoms with Crippen molar-refractivity contribution in [3.63, 3.8) is 0 Å². The summed E-state index contributed by atoms with van der Waals surface area (Å²) in [5, 5.41) is 0.981. The standard InChI is InChI=1S/C24H18Cl2O3/c1-28-23-15-18(8-7-17-5-3-2-4-6-17)9-13-22(23)29-24(27)14-11-19-10-12-20(25)16-21(19)26/h2-16H,1H3. The Kier molecular flexibility index (Phi) is 7.12. The first-order valence-corrected chi connectivity index (χ1v) is 9.57. The van der Waals surface area contributed by atoms with Crippen LogP contribution in [0.5, 0.6) is 11.5 Å². The Labute approximate surface area is 179 Å². The van der Waals surface area contributed by atoms with Gasteiger partial charge < -0.3 is 9.47 Å². The van der Waals surface area contributed by atoms with Gasteiger partial charge >= 0.3 is 5.97 Å². The highest BCUT2D eigenvalue weighted by molar-refractivity contribution is 6.35. The highest BCUT2D eigenvalue weighted by Gasteiger charge is 2.09. The predicted molar refractivity (Wildman–Crippen MR) is 119 cm³/mol. The molecule has 146 valence electrons. The van der Waals surface area contributed by atoms with Crippen LogP contribution in [0, 0.1) is 0 Å². The molecule has 3 aromatic rings. The van der Waals surface area contributed by atoms with Crippen LogP contribution in [0.2, 0.25) is 10.0 Å². The maximum atomic E-state index is 12.2. The molecule has 0 amide bonds. The highest BCUT2D eigenvalue weighted by Crippen LogP contribution is 2.29. The number of halogens is 2. The molecule has 0 aliphatic rings. The average Bonchev–Trinajstić information content (AvgIpc) is 2.73. The third-order valence-electron chi connectivity index (χ3n) is 4.03. The summed E-state index contributed by atoms with van der Waals surface area (Å²) in [4.78, 5) is 12.2. The third kappa shape index (κ3) is 5.98. The van der Waals surface area contributed by atoms with E-state index < -0.39 is 5.97 Å². The minimum atomic E-state index is -0.540. The minimum absolute atomic E-state index is 0.334. The van der Waals surface area contributed by atoms with Gasteiger partial charge in [0, 0.05) is 16.1 Å². The quantitative estimate of drug-likeness (QED) is 0.189. The number of esters is 1. The van der Waals surface area contributed by atoms with Gasteiger partial charge in [0.15, 0.2) is 11.5 Å². The van der Waals surface area contributed by atoms with Crippen LogP contribution in [-0.2, 0) is 4.79 Å². The van der Waals surface area contributed by atoms with Crippen molar-refractivity contribution in [1.82, 2.24) is 0 Å². The van der Waals surface area contributed by atoms with E-state index in [-0.39, 0.29) is 0 Å². The summed E-state index contributed by atoms with van der Waals surface area (Å²) in [7, 11) is 1.53. The van der Waals surface area contributed by atoms with Crippen molar-refractivity contribution >= 4 is 47.4 Å². The number of rotatable bonds is 6. The first-order chi connectivity index (χ1) is 14.0. The normalized spacial score (nSPS) is 11.1. The zero-order valence-corrected chi connectivity index (χ0v) is 17.2. The molecule has 0 aliphatic heterocycles. The second-order valence-electron chi connectivity index (χ2n) is 6.07. The Morgan fingerprint density at radius 3 is 2.31 bits per heavy atom. The summed E-state index contributed by atoms with van der Waals surface area (Å²) < 4.78 is 10.8. The molecule has 3 nitrogen and oxygen atoms in total. The van der Waals surface area contributed by atoms with E-state index in [0.717, 1.165) is 11.1 Å². The van der Waals surface area contributed by atoms with E-state index in [0.29, 0.717) is 27.1 Å². The fourth-order valence-corrected chi connectivity index (χ4v) is 3.04. The molecule has 29 heavy (non-hydrogen) atoms. The zero-order valence-electron chi connectivity index (χ0n) is 15.6. The lowest BCUT2D eigenvalue weighted by Gasteiger charge is -2.09. The molecule has 0 atom stereocenters. The number of carbonyl (C=O) groups is 1. The Hall–Kier alpha value is -3.01. The summed E-state index contributed by atoms with van der Waals surface area (Å²) in [5.41, 5.74) is 2.68. The van der Waals surface area contributed by atoms with Crippen LogP contribution in [0.4, 0.5) is 0 Å². The molecule has 0 bridgehead atoms. The molecule has 0 aliphatic carbocycles. The third-order valence-corrected chi connectivity index (χ3v) is 4.59. The van der Waals surface area contributed by atoms with E-state index >= 15 is 0 Å². The SMILES string of the molecule is COc1cc(C=Cc2ccccc2)ccc1OC(=O)C=Cc1ccc(Cl)cc1Cl. The second-order valence-corrected chi connectivity index (χ2v) is 6.92. The molecule has 5 heteroatoms. The summed E-state index contributed by atoms with van der Waals surface area (Å²) in [6.45, 7) is 0. The van der Waals surface area contributed by atoms with E-state index in [4.69, 9.17) is 32.7 Å². The van der Waals surface area contributed by atoms with E-state index in [1.807, 2.05) is 54.6 Å². The molecule has 0 radical (unpaired) electrons. The summed E-state index contributed by atoms with van der Waals surface area (Å²) in [5.74, 6) is 0.259. The smallest absolute Gasteiger partial charge is 0.336 e. The fraction of sp³-hybridized carbons (Fsp3) is 0.0417. The summed E-state index contributed by atoms with van der Waals surface area (Å²) in [6, 6.07) is 20.4. The van der Waals surface area contributed by atoms with Gasteiger partial charge in [0.2, 0.25) is 0 Å². The summed E-state index contributed by atoms with van der Waals surface area (Å²) >= 11 is 12.0. The molecule has 0 fully saturated rings. The molecule has 3 rings (SSSR count). The predicted octanol–water partition coefficient (Wildman–Crippen LogP) is 6.79. The Morgan fingerprint density at radius 1 is 0.828 bits per heavy atom. The van der Waals surface area contributed by atoms with E-state index in [2.05, 4.69) is 0 Å². The van der Waals surface area contributed by atoms with Gasteiger partial charge in [-0.3, -0.25) is 0 Å². The molecule has 0 saturated carbocycles. The number of hydrogen-bond acceptors (Lipinski definition) is 3. The lowest BCUT2D eigenvalue weighted by atomic mass is 10.1. The molecule has 0 spiro atoms. The van der Waals surface area contributed by atoms with E-state index in [1.165, 1.54) is 13.2 Å². The van der Waals surface area contributed by atoms with Crippen LogP contribution in [0.25, 0.3) is 18.2 Å². The number of carbonyl (C=O) groups excluding carboxylic acids is 1. The Bertz CT molecular complexity index is 1060. The molecular weight excluding hydrogens is 407 g/mol. The van der Waals surface area contributed by atoms with Crippen LogP contribution < -0.4 is 9.47 Å². The van der Waals surface area contributed by atoms with Crippen molar-refractivity contribution < 1.29 is 14.3 Å². The molecule has 0 heterocycles. The molecular formula is C24H18Cl2O3. The fourth-order valence-electron chi connectivity index (χ4n) is 2.57. The summed E-state index contributed by atoms with van der Waals surface area (Å²) in [6.07, 6.45) is 6.84. The van der Waals surface area contributed by atoms with Crippen molar-refractivity contribution in [2.75, 3.05) is 7.11 Å². The van der Waals surface area contributed by atoms with Gasteiger partial charge in [-0.2, -0.15) is 0 Å². The molecule has 0 unspecified atom stereocenters. The van der Waals surface area contributed by atoms with Crippen molar-refractivity contribution in [2.24, 2.45) is 0 Å². The highest BCUT2D eigenvalue weighted by atomic mass is 35.5. The molecule has 3 aromatic carbocycles. The van der Waals surface area contributed by atoms with Gasteiger partial charge in [-0.05, 0) is 47.0 Å². The first-order valence-electron chi connectivity index (χ1n) is 8.81. The second kappa shape index (κ2) is 9.97. The molecule has 0 saturated heterocycles. The number of hydrogen-bond donors (Lipinski definition) is 0. The number of ether oxygens (including phenoxy) is 2. The number of methoxy groups -OCH3 is 1. The number of benzene rings is 3. The van der Waals surface area contributed by atoms with Crippen molar-refractivity contribution in [3.05, 3.63) is 99.5 Å². The molecule has 0 aromatic heterocycles. The largest absolute Gasteiger partial charge is 0.493 e. The van der Waals surface area contributed by atoms with Gasteiger partial charge in [0.1, 0.15) is 0 Å². The van der Waals surface area contributed by atoms with Crippen LogP contribution in [0.1, 0.15) is 16.7 Å². The topological polar surface area (TPSA) is 35.5 Å². The van der Waals surface area contributed by atoms with E-state index in [1.54, 1.807) is 30.3 Å². The van der Waals surface area contributed by atoms with Crippen molar-refractivity contribution in [3.8, 4) is 11.5 Å². The van der Waals surface area contributed by atoms with Crippen molar-refractivity contribution in [2.45, 2.75) is 0 Å². The molecule has 0 N–H and O–H groups in total. The van der Waals surface area contributed by atoms with Crippen LogP contribution in [-0.4, -0.2) is 13.1 Å². The van der Waals surface area contributed by atoms with Gasteiger partial charge in [-0.1, -0.05) is 77.8 Å². The van der Waals surface area contributed by atoms with Crippen molar-refractivity contribution in [1.29, 1.82) is 0 Å². The van der Waals surface area contributed by atoms with Crippen LogP contribution in [0.3, 0.4) is 0 Å². The zero-order chi connectivity index (χ0) is 20.6.